The number of nitrogens with zero attached hydrogens (tertiary/aromatic N) is 2. The van der Waals surface area contributed by atoms with Crippen LogP contribution in [0.4, 0.5) is 10.1 Å². The summed E-state index contributed by atoms with van der Waals surface area (Å²) < 4.78 is 15.6. The number of nitrogens with one attached hydrogen (secondary N) is 1. The van der Waals surface area contributed by atoms with Gasteiger partial charge in [-0.15, -0.1) is 0 Å². The van der Waals surface area contributed by atoms with Crippen LogP contribution in [-0.4, -0.2) is 21.5 Å². The third kappa shape index (κ3) is 3.54. The zero-order valence-electron chi connectivity index (χ0n) is 14.7. The molecule has 1 aromatic heterocycles. The van der Waals surface area contributed by atoms with Gasteiger partial charge in [-0.2, -0.15) is 5.10 Å². The Hall–Kier alpha value is -3.28. The largest absolute Gasteiger partial charge is 0.321 e. The molecule has 0 atom stereocenters. The Labute approximate surface area is 150 Å². The van der Waals surface area contributed by atoms with Crippen molar-refractivity contribution in [1.29, 1.82) is 0 Å². The van der Waals surface area contributed by atoms with Gasteiger partial charge in [-0.25, -0.2) is 4.39 Å². The number of halogens is 1. The van der Waals surface area contributed by atoms with E-state index in [0.29, 0.717) is 22.5 Å². The molecule has 26 heavy (non-hydrogen) atoms. The van der Waals surface area contributed by atoms with E-state index in [4.69, 9.17) is 0 Å². The monoisotopic (exact) mass is 351 g/mol. The molecule has 1 amide bonds. The van der Waals surface area contributed by atoms with Crippen LogP contribution in [0.3, 0.4) is 0 Å². The smallest absolute Gasteiger partial charge is 0.276 e. The van der Waals surface area contributed by atoms with Crippen molar-refractivity contribution in [2.45, 2.75) is 13.8 Å². The van der Waals surface area contributed by atoms with Crippen molar-refractivity contribution in [2.24, 2.45) is 7.05 Å². The molecule has 3 rings (SSSR count). The maximum Gasteiger partial charge on any atom is 0.276 e. The number of hydrogen-bond donors (Lipinski definition) is 1. The van der Waals surface area contributed by atoms with Crippen LogP contribution in [0.5, 0.6) is 0 Å². The van der Waals surface area contributed by atoms with Crippen molar-refractivity contribution in [1.82, 2.24) is 9.78 Å². The predicted molar refractivity (Wildman–Crippen MR) is 97.7 cm³/mol. The number of ketones is 1. The molecule has 0 aliphatic heterocycles. The molecule has 0 bridgehead atoms. The number of Topliss-reactive ketones (excluding diaryl/α,β-unsaturated/α-hetero) is 1. The lowest BCUT2D eigenvalue weighted by Crippen LogP contribution is -2.13. The molecule has 0 saturated heterocycles. The third-order valence-corrected chi connectivity index (χ3v) is 4.04. The van der Waals surface area contributed by atoms with Gasteiger partial charge in [-0.05, 0) is 44.2 Å². The molecule has 5 nitrogen and oxygen atoms in total. The molecule has 0 spiro atoms. The zero-order chi connectivity index (χ0) is 18.8. The minimum Gasteiger partial charge on any atom is -0.321 e. The summed E-state index contributed by atoms with van der Waals surface area (Å²) in [5.74, 6) is -0.892. The first kappa shape index (κ1) is 17.5. The second kappa shape index (κ2) is 6.92. The summed E-state index contributed by atoms with van der Waals surface area (Å²) in [5, 5.41) is 6.89. The summed E-state index contributed by atoms with van der Waals surface area (Å²) in [6.45, 7) is 3.33. The molecule has 0 aliphatic rings. The van der Waals surface area contributed by atoms with Crippen LogP contribution >= 0.6 is 0 Å². The number of amides is 1. The van der Waals surface area contributed by atoms with Gasteiger partial charge in [-0.1, -0.05) is 23.8 Å². The standard InChI is InChI=1S/C20H18FN3O2/c1-12-7-8-17(21)16(9-12)19-11-18(23-24(19)3)20(26)22-15-6-4-5-14(10-15)13(2)25/h4-11H,1-3H3,(H,22,26). The minimum atomic E-state index is -0.430. The zero-order valence-corrected chi connectivity index (χ0v) is 14.7. The maximum absolute atomic E-state index is 14.1. The van der Waals surface area contributed by atoms with E-state index >= 15 is 0 Å². The lowest BCUT2D eigenvalue weighted by atomic mass is 10.1. The molecule has 0 saturated carbocycles. The maximum atomic E-state index is 14.1. The van der Waals surface area contributed by atoms with E-state index in [2.05, 4.69) is 10.4 Å². The molecule has 2 aromatic carbocycles. The number of aryl methyl sites for hydroxylation is 2. The van der Waals surface area contributed by atoms with E-state index in [1.54, 1.807) is 49.5 Å². The van der Waals surface area contributed by atoms with Crippen LogP contribution in [0, 0.1) is 12.7 Å². The topological polar surface area (TPSA) is 64.0 Å². The molecule has 6 heteroatoms. The highest BCUT2D eigenvalue weighted by atomic mass is 19.1. The number of rotatable bonds is 4. The number of hydrogen-bond acceptors (Lipinski definition) is 3. The van der Waals surface area contributed by atoms with Crippen molar-refractivity contribution < 1.29 is 14.0 Å². The summed E-state index contributed by atoms with van der Waals surface area (Å²) in [6, 6.07) is 13.0. The van der Waals surface area contributed by atoms with Crippen molar-refractivity contribution in [3.8, 4) is 11.3 Å². The Morgan fingerprint density at radius 2 is 1.88 bits per heavy atom. The van der Waals surface area contributed by atoms with Crippen LogP contribution in [0.2, 0.25) is 0 Å². The first-order chi connectivity index (χ1) is 12.3. The molecule has 1 N–H and O–H groups in total. The molecular weight excluding hydrogens is 333 g/mol. The molecule has 0 fully saturated rings. The fraction of sp³-hybridized carbons (Fsp3) is 0.150. The van der Waals surface area contributed by atoms with Gasteiger partial charge in [0, 0.05) is 23.9 Å². The second-order valence-electron chi connectivity index (χ2n) is 6.11. The van der Waals surface area contributed by atoms with E-state index in [0.717, 1.165) is 5.56 Å². The average molecular weight is 351 g/mol. The van der Waals surface area contributed by atoms with Gasteiger partial charge in [0.05, 0.1) is 5.69 Å². The lowest BCUT2D eigenvalue weighted by molar-refractivity contribution is 0.100. The summed E-state index contributed by atoms with van der Waals surface area (Å²) in [7, 11) is 1.66. The lowest BCUT2D eigenvalue weighted by Gasteiger charge is -2.04. The highest BCUT2D eigenvalue weighted by Gasteiger charge is 2.17. The minimum absolute atomic E-state index is 0.0869. The first-order valence-corrected chi connectivity index (χ1v) is 8.08. The first-order valence-electron chi connectivity index (χ1n) is 8.08. The Morgan fingerprint density at radius 3 is 2.62 bits per heavy atom. The number of benzene rings is 2. The predicted octanol–water partition coefficient (Wildman–Crippen LogP) is 3.99. The second-order valence-corrected chi connectivity index (χ2v) is 6.11. The Balaban J connectivity index is 1.89. The van der Waals surface area contributed by atoms with Crippen LogP contribution in [0.25, 0.3) is 11.3 Å². The van der Waals surface area contributed by atoms with Gasteiger partial charge in [0.1, 0.15) is 5.82 Å². The van der Waals surface area contributed by atoms with E-state index in [-0.39, 0.29) is 17.3 Å². The van der Waals surface area contributed by atoms with Gasteiger partial charge < -0.3 is 5.32 Å². The van der Waals surface area contributed by atoms with Crippen LogP contribution in [-0.2, 0) is 7.05 Å². The third-order valence-electron chi connectivity index (χ3n) is 4.04. The highest BCUT2D eigenvalue weighted by Crippen LogP contribution is 2.25. The van der Waals surface area contributed by atoms with E-state index in [1.165, 1.54) is 17.7 Å². The van der Waals surface area contributed by atoms with Crippen LogP contribution < -0.4 is 5.32 Å². The molecule has 132 valence electrons. The highest BCUT2D eigenvalue weighted by molar-refractivity contribution is 6.04. The van der Waals surface area contributed by atoms with Gasteiger partial charge in [0.2, 0.25) is 0 Å². The van der Waals surface area contributed by atoms with Crippen molar-refractivity contribution in [3.05, 3.63) is 71.2 Å². The van der Waals surface area contributed by atoms with Gasteiger partial charge in [0.15, 0.2) is 11.5 Å². The Bertz CT molecular complexity index is 1010. The summed E-state index contributed by atoms with van der Waals surface area (Å²) in [6.07, 6.45) is 0. The van der Waals surface area contributed by atoms with E-state index < -0.39 is 5.91 Å². The Morgan fingerprint density at radius 1 is 1.12 bits per heavy atom. The summed E-state index contributed by atoms with van der Waals surface area (Å²) in [4.78, 5) is 23.9. The molecule has 0 aliphatic carbocycles. The van der Waals surface area contributed by atoms with Gasteiger partial charge in [-0.3, -0.25) is 14.3 Å². The summed E-state index contributed by atoms with van der Waals surface area (Å²) in [5.41, 5.74) is 2.97. The quantitative estimate of drug-likeness (QED) is 0.723. The molecular formula is C20H18FN3O2. The van der Waals surface area contributed by atoms with Gasteiger partial charge >= 0.3 is 0 Å². The van der Waals surface area contributed by atoms with Gasteiger partial charge in [0.25, 0.3) is 5.91 Å². The Kier molecular flexibility index (Phi) is 4.67. The van der Waals surface area contributed by atoms with Crippen molar-refractivity contribution in [2.75, 3.05) is 5.32 Å². The van der Waals surface area contributed by atoms with E-state index in [9.17, 15) is 14.0 Å². The van der Waals surface area contributed by atoms with E-state index in [1.807, 2.05) is 6.92 Å². The van der Waals surface area contributed by atoms with Crippen molar-refractivity contribution in [3.63, 3.8) is 0 Å². The summed E-state index contributed by atoms with van der Waals surface area (Å²) >= 11 is 0. The number of carbonyl (C=O) groups is 2. The molecule has 0 radical (unpaired) electrons. The normalized spacial score (nSPS) is 10.6. The fourth-order valence-electron chi connectivity index (χ4n) is 2.68. The molecule has 1 heterocycles. The number of carbonyl (C=O) groups excluding carboxylic acids is 2. The SMILES string of the molecule is CC(=O)c1cccc(NC(=O)c2cc(-c3cc(C)ccc3F)n(C)n2)c1. The van der Waals surface area contributed by atoms with Crippen LogP contribution in [0.1, 0.15) is 33.3 Å². The average Bonchev–Trinajstić information content (AvgIpc) is 2.99. The van der Waals surface area contributed by atoms with Crippen LogP contribution in [0.15, 0.2) is 48.5 Å². The fourth-order valence-corrected chi connectivity index (χ4v) is 2.68. The molecule has 3 aromatic rings. The van der Waals surface area contributed by atoms with Crippen molar-refractivity contribution >= 4 is 17.4 Å². The number of anilines is 1. The number of aromatic nitrogens is 2. The molecule has 0 unspecified atom stereocenters.